The van der Waals surface area contributed by atoms with Crippen LogP contribution in [0.4, 0.5) is 5.69 Å². The highest BCUT2D eigenvalue weighted by Gasteiger charge is 2.17. The van der Waals surface area contributed by atoms with E-state index >= 15 is 0 Å². The molecule has 0 saturated heterocycles. The van der Waals surface area contributed by atoms with Crippen LogP contribution in [0.3, 0.4) is 0 Å². The van der Waals surface area contributed by atoms with Crippen molar-refractivity contribution < 1.29 is 23.9 Å². The van der Waals surface area contributed by atoms with Crippen LogP contribution in [-0.2, 0) is 9.59 Å². The van der Waals surface area contributed by atoms with Crippen molar-refractivity contribution in [2.45, 2.75) is 6.92 Å². The number of carbonyl (C=O) groups is 3. The third-order valence-electron chi connectivity index (χ3n) is 4.53. The van der Waals surface area contributed by atoms with Crippen molar-refractivity contribution in [1.82, 2.24) is 5.43 Å². The number of hydrogen-bond donors (Lipinski definition) is 2. The molecule has 0 aliphatic carbocycles. The number of amides is 2. The van der Waals surface area contributed by atoms with E-state index in [1.165, 1.54) is 25.3 Å². The minimum absolute atomic E-state index is 0.202. The maximum atomic E-state index is 12.5. The van der Waals surface area contributed by atoms with Gasteiger partial charge in [0.2, 0.25) is 0 Å². The average Bonchev–Trinajstić information content (AvgIpc) is 2.82. The topological polar surface area (TPSA) is 106 Å². The Balaban J connectivity index is 1.68. The second-order valence-electron chi connectivity index (χ2n) is 6.99. The van der Waals surface area contributed by atoms with Crippen molar-refractivity contribution >= 4 is 68.3 Å². The highest BCUT2D eigenvalue weighted by Crippen LogP contribution is 2.30. The van der Waals surface area contributed by atoms with Crippen molar-refractivity contribution in [1.29, 1.82) is 0 Å². The number of esters is 1. The SMILES string of the molecule is COc1cc(C(C)=NNC(=O)C(=O)Nc2cc(Cl)cc(Cl)c2)ccc1OC(=O)c1ccccc1Br. The number of carbonyl (C=O) groups excluding carboxylic acids is 3. The number of ether oxygens (including phenoxy) is 2. The summed E-state index contributed by atoms with van der Waals surface area (Å²) < 4.78 is 11.4. The standard InChI is InChI=1S/C24H18BrCl2N3O5/c1-13(29-30-23(32)22(31)28-17-11-15(26)10-16(27)12-17)14-7-8-20(21(9-14)34-2)35-24(33)18-5-3-4-6-19(18)25/h3-12H,1-2H3,(H,28,31)(H,30,32). The fraction of sp³-hybridized carbons (Fsp3) is 0.0833. The molecule has 0 aliphatic heterocycles. The van der Waals surface area contributed by atoms with Gasteiger partial charge < -0.3 is 14.8 Å². The number of anilines is 1. The molecule has 3 rings (SSSR count). The first-order chi connectivity index (χ1) is 16.7. The number of nitrogens with one attached hydrogen (secondary N) is 2. The highest BCUT2D eigenvalue weighted by molar-refractivity contribution is 9.10. The number of hydrogen-bond acceptors (Lipinski definition) is 6. The van der Waals surface area contributed by atoms with Crippen LogP contribution in [0.5, 0.6) is 11.5 Å². The molecule has 0 aliphatic rings. The van der Waals surface area contributed by atoms with Gasteiger partial charge in [-0.3, -0.25) is 9.59 Å². The molecule has 0 fully saturated rings. The summed E-state index contributed by atoms with van der Waals surface area (Å²) in [6.07, 6.45) is 0. The fourth-order valence-corrected chi connectivity index (χ4v) is 3.80. The van der Waals surface area contributed by atoms with E-state index in [2.05, 4.69) is 31.8 Å². The lowest BCUT2D eigenvalue weighted by Gasteiger charge is -2.12. The predicted octanol–water partition coefficient (Wildman–Crippen LogP) is 5.46. The van der Waals surface area contributed by atoms with Crippen molar-refractivity contribution in [2.75, 3.05) is 12.4 Å². The molecule has 0 spiro atoms. The molecule has 2 amide bonds. The zero-order chi connectivity index (χ0) is 25.5. The van der Waals surface area contributed by atoms with Crippen LogP contribution in [0.2, 0.25) is 10.0 Å². The van der Waals surface area contributed by atoms with E-state index in [1.807, 2.05) is 0 Å². The number of halogens is 3. The number of benzene rings is 3. The molecular formula is C24H18BrCl2N3O5. The van der Waals surface area contributed by atoms with E-state index in [0.29, 0.717) is 31.4 Å². The molecular weight excluding hydrogens is 561 g/mol. The Bertz CT molecular complexity index is 1310. The number of rotatable bonds is 6. The van der Waals surface area contributed by atoms with E-state index in [4.69, 9.17) is 32.7 Å². The van der Waals surface area contributed by atoms with Crippen LogP contribution in [0, 0.1) is 0 Å². The van der Waals surface area contributed by atoms with E-state index in [1.54, 1.807) is 49.4 Å². The average molecular weight is 579 g/mol. The first-order valence-electron chi connectivity index (χ1n) is 9.94. The zero-order valence-electron chi connectivity index (χ0n) is 18.4. The van der Waals surface area contributed by atoms with Crippen LogP contribution in [0.25, 0.3) is 0 Å². The molecule has 0 bridgehead atoms. The van der Waals surface area contributed by atoms with Crippen LogP contribution in [0.15, 0.2) is 70.2 Å². The molecule has 0 radical (unpaired) electrons. The lowest BCUT2D eigenvalue weighted by molar-refractivity contribution is -0.136. The van der Waals surface area contributed by atoms with E-state index in [-0.39, 0.29) is 17.2 Å². The second kappa shape index (κ2) is 11.8. The Morgan fingerprint density at radius 1 is 0.914 bits per heavy atom. The molecule has 0 heterocycles. The number of nitrogens with zero attached hydrogens (tertiary/aromatic N) is 1. The summed E-state index contributed by atoms with van der Waals surface area (Å²) in [6.45, 7) is 1.62. The lowest BCUT2D eigenvalue weighted by Crippen LogP contribution is -2.32. The van der Waals surface area contributed by atoms with Gasteiger partial charge in [-0.1, -0.05) is 35.3 Å². The van der Waals surface area contributed by atoms with Gasteiger partial charge in [-0.15, -0.1) is 0 Å². The summed E-state index contributed by atoms with van der Waals surface area (Å²) in [4.78, 5) is 36.8. The van der Waals surface area contributed by atoms with Crippen molar-refractivity contribution in [3.63, 3.8) is 0 Å². The molecule has 0 aromatic heterocycles. The maximum absolute atomic E-state index is 12.5. The summed E-state index contributed by atoms with van der Waals surface area (Å²) in [7, 11) is 1.43. The Hall–Kier alpha value is -3.40. The Labute approximate surface area is 219 Å². The Morgan fingerprint density at radius 2 is 1.60 bits per heavy atom. The van der Waals surface area contributed by atoms with Crippen molar-refractivity contribution in [2.24, 2.45) is 5.10 Å². The zero-order valence-corrected chi connectivity index (χ0v) is 21.5. The molecule has 3 aromatic carbocycles. The maximum Gasteiger partial charge on any atom is 0.344 e. The minimum atomic E-state index is -0.994. The molecule has 3 aromatic rings. The first-order valence-corrected chi connectivity index (χ1v) is 11.5. The molecule has 35 heavy (non-hydrogen) atoms. The van der Waals surface area contributed by atoms with E-state index in [9.17, 15) is 14.4 Å². The lowest BCUT2D eigenvalue weighted by atomic mass is 10.1. The smallest absolute Gasteiger partial charge is 0.344 e. The molecule has 8 nitrogen and oxygen atoms in total. The van der Waals surface area contributed by atoms with Crippen molar-refractivity contribution in [3.05, 3.63) is 86.3 Å². The van der Waals surface area contributed by atoms with Gasteiger partial charge in [0.15, 0.2) is 11.5 Å². The van der Waals surface area contributed by atoms with Gasteiger partial charge >= 0.3 is 17.8 Å². The molecule has 180 valence electrons. The second-order valence-corrected chi connectivity index (χ2v) is 8.71. The minimum Gasteiger partial charge on any atom is -0.493 e. The van der Waals surface area contributed by atoms with Gasteiger partial charge in [-0.25, -0.2) is 10.2 Å². The molecule has 11 heteroatoms. The summed E-state index contributed by atoms with van der Waals surface area (Å²) in [5.74, 6) is -2.03. The third kappa shape index (κ3) is 7.05. The summed E-state index contributed by atoms with van der Waals surface area (Å²) >= 11 is 15.1. The van der Waals surface area contributed by atoms with Gasteiger partial charge in [-0.05, 0) is 71.4 Å². The Morgan fingerprint density at radius 3 is 2.26 bits per heavy atom. The van der Waals surface area contributed by atoms with Crippen LogP contribution in [-0.4, -0.2) is 30.6 Å². The molecule has 0 saturated carbocycles. The summed E-state index contributed by atoms with van der Waals surface area (Å²) in [6, 6.07) is 16.0. The Kier molecular flexibility index (Phi) is 8.86. The molecule has 0 atom stereocenters. The monoisotopic (exact) mass is 577 g/mol. The van der Waals surface area contributed by atoms with Crippen molar-refractivity contribution in [3.8, 4) is 11.5 Å². The van der Waals surface area contributed by atoms with E-state index in [0.717, 1.165) is 0 Å². The third-order valence-corrected chi connectivity index (χ3v) is 5.66. The van der Waals surface area contributed by atoms with Gasteiger partial charge in [-0.2, -0.15) is 5.10 Å². The van der Waals surface area contributed by atoms with Gasteiger partial charge in [0.25, 0.3) is 0 Å². The summed E-state index contributed by atoms with van der Waals surface area (Å²) in [5.41, 5.74) is 3.74. The normalized spacial score (nSPS) is 10.9. The molecule has 2 N–H and O–H groups in total. The van der Waals surface area contributed by atoms with Gasteiger partial charge in [0.05, 0.1) is 18.4 Å². The number of methoxy groups -OCH3 is 1. The van der Waals surface area contributed by atoms with Crippen LogP contribution < -0.4 is 20.2 Å². The quantitative estimate of drug-likeness (QED) is 0.133. The van der Waals surface area contributed by atoms with Crippen LogP contribution >= 0.6 is 39.1 Å². The first kappa shape index (κ1) is 26.2. The van der Waals surface area contributed by atoms with Gasteiger partial charge in [0, 0.05) is 25.8 Å². The highest BCUT2D eigenvalue weighted by atomic mass is 79.9. The summed E-state index contributed by atoms with van der Waals surface area (Å²) in [5, 5.41) is 6.95. The number of hydrazone groups is 1. The van der Waals surface area contributed by atoms with Crippen LogP contribution in [0.1, 0.15) is 22.8 Å². The largest absolute Gasteiger partial charge is 0.493 e. The van der Waals surface area contributed by atoms with Gasteiger partial charge in [0.1, 0.15) is 0 Å². The molecule has 0 unspecified atom stereocenters. The fourth-order valence-electron chi connectivity index (χ4n) is 2.82. The van der Waals surface area contributed by atoms with E-state index < -0.39 is 17.8 Å². The predicted molar refractivity (Wildman–Crippen MR) is 138 cm³/mol.